The van der Waals surface area contributed by atoms with E-state index in [2.05, 4.69) is 49.2 Å². The lowest BCUT2D eigenvalue weighted by atomic mass is 10.0. The summed E-state index contributed by atoms with van der Waals surface area (Å²) in [5, 5.41) is 14.9. The third-order valence-corrected chi connectivity index (χ3v) is 10.1. The van der Waals surface area contributed by atoms with Gasteiger partial charge in [0, 0.05) is 36.9 Å². The molecule has 1 aromatic carbocycles. The molecule has 1 unspecified atom stereocenters. The molecule has 3 aromatic rings. The third-order valence-electron chi connectivity index (χ3n) is 8.32. The lowest BCUT2D eigenvalue weighted by Crippen LogP contribution is -2.55. The van der Waals surface area contributed by atoms with Gasteiger partial charge in [0.2, 0.25) is 27.7 Å². The minimum Gasteiger partial charge on any atom is -0.472 e. The molecule has 5 N–H and O–H groups in total. The number of hydrogen-bond donors (Lipinski definition) is 4. The number of nitrogens with one attached hydrogen (secondary N) is 3. The van der Waals surface area contributed by atoms with Crippen molar-refractivity contribution in [2.75, 3.05) is 12.3 Å². The van der Waals surface area contributed by atoms with Crippen molar-refractivity contribution in [1.82, 2.24) is 30.5 Å². The van der Waals surface area contributed by atoms with Crippen molar-refractivity contribution in [3.8, 4) is 5.88 Å². The summed E-state index contributed by atoms with van der Waals surface area (Å²) in [5.41, 5.74) is 5.31. The number of rotatable bonds is 13. The number of nitrogens with zero attached hydrogens (tertiary/aromatic N) is 3. The van der Waals surface area contributed by atoms with E-state index in [0.29, 0.717) is 50.4 Å². The van der Waals surface area contributed by atoms with Crippen molar-refractivity contribution in [1.29, 1.82) is 0 Å². The number of nitrogens with two attached hydrogens (primary N) is 1. The average molecular weight is 610 g/mol. The lowest BCUT2D eigenvalue weighted by Gasteiger charge is -2.21. The zero-order valence-electron chi connectivity index (χ0n) is 23.6. The van der Waals surface area contributed by atoms with Crippen LogP contribution in [0, 0.1) is 5.92 Å². The van der Waals surface area contributed by atoms with Gasteiger partial charge in [-0.15, -0.1) is 11.7 Å². The fourth-order valence-electron chi connectivity index (χ4n) is 5.58. The first-order valence-corrected chi connectivity index (χ1v) is 16.1. The number of anilines is 1. The van der Waals surface area contributed by atoms with Crippen LogP contribution < -0.4 is 25.8 Å². The SMILES string of the molecule is C=C[C@@H]1C[C@]1(NC(=O)C1C[C@@H](Oc2nccc3ccc(CCCCc4nnc(N)o4)cc23)CN1)C(=O)NS(=O)(=O)C1CC1. The van der Waals surface area contributed by atoms with Crippen LogP contribution in [0.15, 0.2) is 47.5 Å². The van der Waals surface area contributed by atoms with Crippen LogP contribution >= 0.6 is 0 Å². The van der Waals surface area contributed by atoms with E-state index in [1.54, 1.807) is 12.3 Å². The average Bonchev–Trinajstić information content (AvgIpc) is 3.87. The number of fused-ring (bicyclic) bond motifs is 1. The Morgan fingerprint density at radius 3 is 2.74 bits per heavy atom. The quantitative estimate of drug-likeness (QED) is 0.162. The Morgan fingerprint density at radius 2 is 2.02 bits per heavy atom. The number of amides is 2. The van der Waals surface area contributed by atoms with Crippen molar-refractivity contribution < 1.29 is 27.2 Å². The van der Waals surface area contributed by atoms with Gasteiger partial charge in [-0.05, 0) is 61.6 Å². The van der Waals surface area contributed by atoms with E-state index in [-0.39, 0.29) is 23.9 Å². The fourth-order valence-corrected chi connectivity index (χ4v) is 6.95. The highest BCUT2D eigenvalue weighted by Gasteiger charge is 2.61. The zero-order valence-corrected chi connectivity index (χ0v) is 24.4. The minimum absolute atomic E-state index is 0.0753. The van der Waals surface area contributed by atoms with E-state index < -0.39 is 32.8 Å². The van der Waals surface area contributed by atoms with E-state index in [9.17, 15) is 18.0 Å². The second-order valence-corrected chi connectivity index (χ2v) is 13.5. The molecular formula is C29H35N7O6S. The van der Waals surface area contributed by atoms with Gasteiger partial charge in [0.15, 0.2) is 0 Å². The lowest BCUT2D eigenvalue weighted by molar-refractivity contribution is -0.130. The van der Waals surface area contributed by atoms with Gasteiger partial charge >= 0.3 is 6.01 Å². The first-order chi connectivity index (χ1) is 20.7. The van der Waals surface area contributed by atoms with Gasteiger partial charge in [-0.25, -0.2) is 13.4 Å². The molecule has 0 radical (unpaired) electrons. The molecule has 14 heteroatoms. The number of sulfonamides is 1. The van der Waals surface area contributed by atoms with Crippen molar-refractivity contribution in [2.45, 2.75) is 74.3 Å². The molecule has 43 heavy (non-hydrogen) atoms. The molecular weight excluding hydrogens is 574 g/mol. The van der Waals surface area contributed by atoms with Crippen molar-refractivity contribution in [3.05, 3.63) is 54.6 Å². The Bertz CT molecular complexity index is 1660. The first kappa shape index (κ1) is 29.1. The Hall–Kier alpha value is -4.04. The standard InChI is InChI=1S/C29H35N7O6S/c1-2-19-15-29(19,27(38)36-43(39,40)21-9-10-21)33-25(37)23-14-20(16-32-23)41-26-22-13-17(7-8-18(22)11-12-31-26)5-3-4-6-24-34-35-28(30)42-24/h2,7-8,11-13,19-21,23,32H,1,3-6,9-10,14-16H2,(H2,30,35)(H,33,37)(H,36,38)/t19-,20-,23?,29-/m1/s1. The maximum atomic E-state index is 13.2. The summed E-state index contributed by atoms with van der Waals surface area (Å²) in [6.07, 6.45) is 7.98. The largest absolute Gasteiger partial charge is 0.472 e. The van der Waals surface area contributed by atoms with Crippen LogP contribution in [0.4, 0.5) is 6.01 Å². The number of nitrogen functional groups attached to an aromatic ring is 1. The molecule has 0 spiro atoms. The number of ether oxygens (including phenoxy) is 1. The molecule has 2 saturated carbocycles. The molecule has 4 atom stereocenters. The van der Waals surface area contributed by atoms with Crippen LogP contribution in [0.3, 0.4) is 0 Å². The van der Waals surface area contributed by atoms with E-state index >= 15 is 0 Å². The normalized spacial score (nSPS) is 24.9. The molecule has 2 aliphatic carbocycles. The second-order valence-electron chi connectivity index (χ2n) is 11.5. The summed E-state index contributed by atoms with van der Waals surface area (Å²) in [5.74, 6) is -0.412. The number of pyridine rings is 1. The highest BCUT2D eigenvalue weighted by atomic mass is 32.2. The van der Waals surface area contributed by atoms with E-state index in [1.165, 1.54) is 0 Å². The Kier molecular flexibility index (Phi) is 7.81. The monoisotopic (exact) mass is 609 g/mol. The topological polar surface area (TPSA) is 191 Å². The van der Waals surface area contributed by atoms with Crippen molar-refractivity contribution in [2.24, 2.45) is 5.92 Å². The van der Waals surface area contributed by atoms with Crippen LogP contribution in [0.1, 0.15) is 50.0 Å². The summed E-state index contributed by atoms with van der Waals surface area (Å²) >= 11 is 0. The summed E-state index contributed by atoms with van der Waals surface area (Å²) in [7, 11) is -3.74. The molecule has 3 aliphatic rings. The summed E-state index contributed by atoms with van der Waals surface area (Å²) in [6.45, 7) is 4.15. The molecule has 0 bridgehead atoms. The van der Waals surface area contributed by atoms with E-state index in [0.717, 1.165) is 35.6 Å². The highest BCUT2D eigenvalue weighted by molar-refractivity contribution is 7.91. The molecule has 2 amide bonds. The van der Waals surface area contributed by atoms with Crippen LogP contribution in [0.2, 0.25) is 0 Å². The number of aromatic nitrogens is 3. The second kappa shape index (κ2) is 11.6. The molecule has 3 fully saturated rings. The number of hydrogen-bond acceptors (Lipinski definition) is 11. The Balaban J connectivity index is 1.05. The van der Waals surface area contributed by atoms with Crippen molar-refractivity contribution >= 4 is 38.6 Å². The first-order valence-electron chi connectivity index (χ1n) is 14.5. The summed E-state index contributed by atoms with van der Waals surface area (Å²) in [4.78, 5) is 30.7. The third kappa shape index (κ3) is 6.34. The van der Waals surface area contributed by atoms with Gasteiger partial charge in [-0.3, -0.25) is 14.3 Å². The number of unbranched alkanes of at least 4 members (excludes halogenated alkanes) is 1. The molecule has 13 nitrogen and oxygen atoms in total. The molecule has 3 heterocycles. The molecule has 1 saturated heterocycles. The highest BCUT2D eigenvalue weighted by Crippen LogP contribution is 2.45. The van der Waals surface area contributed by atoms with Gasteiger partial charge in [-0.2, -0.15) is 0 Å². The molecule has 1 aliphatic heterocycles. The van der Waals surface area contributed by atoms with Crippen LogP contribution in [0.5, 0.6) is 5.88 Å². The molecule has 2 aromatic heterocycles. The smallest absolute Gasteiger partial charge is 0.312 e. The van der Waals surface area contributed by atoms with Gasteiger partial charge in [-0.1, -0.05) is 23.3 Å². The summed E-state index contributed by atoms with van der Waals surface area (Å²) in [6, 6.07) is 7.60. The number of aryl methyl sites for hydroxylation is 2. The van der Waals surface area contributed by atoms with E-state index in [4.69, 9.17) is 14.9 Å². The van der Waals surface area contributed by atoms with E-state index in [1.807, 2.05) is 12.1 Å². The maximum absolute atomic E-state index is 13.2. The molecule has 6 rings (SSSR count). The number of carbonyl (C=O) groups excluding carboxylic acids is 2. The fraction of sp³-hybridized carbons (Fsp3) is 0.483. The molecule has 228 valence electrons. The predicted molar refractivity (Wildman–Crippen MR) is 157 cm³/mol. The number of benzene rings is 1. The van der Waals surface area contributed by atoms with Gasteiger partial charge in [0.05, 0.1) is 11.3 Å². The minimum atomic E-state index is -3.74. The predicted octanol–water partition coefficient (Wildman–Crippen LogP) is 1.54. The maximum Gasteiger partial charge on any atom is 0.312 e. The van der Waals surface area contributed by atoms with Gasteiger partial charge < -0.3 is 25.5 Å². The Labute approximate surface area is 249 Å². The van der Waals surface area contributed by atoms with Crippen LogP contribution in [0.25, 0.3) is 10.8 Å². The van der Waals surface area contributed by atoms with Crippen LogP contribution in [-0.2, 0) is 32.5 Å². The Morgan fingerprint density at radius 1 is 1.21 bits per heavy atom. The van der Waals surface area contributed by atoms with Gasteiger partial charge in [0.1, 0.15) is 11.6 Å². The number of carbonyl (C=O) groups is 2. The zero-order chi connectivity index (χ0) is 30.2. The van der Waals surface area contributed by atoms with Crippen molar-refractivity contribution in [3.63, 3.8) is 0 Å². The van der Waals surface area contributed by atoms with Gasteiger partial charge in [0.25, 0.3) is 5.91 Å². The van der Waals surface area contributed by atoms with Crippen LogP contribution in [-0.4, -0.2) is 64.9 Å². The summed E-state index contributed by atoms with van der Waals surface area (Å²) < 4.78 is 38.4.